The molecule has 0 fully saturated rings. The third-order valence-electron chi connectivity index (χ3n) is 4.35. The lowest BCUT2D eigenvalue weighted by Gasteiger charge is -2.15. The van der Waals surface area contributed by atoms with Crippen LogP contribution in [0.15, 0.2) is 48.5 Å². The SMILES string of the molecule is CCc1ccc([C@H](C)NC(=O)COC(=O)CNC(=O)c2cccc(OC)c2)cc1. The fraction of sp³-hybridized carbons (Fsp3) is 0.318. The van der Waals surface area contributed by atoms with Gasteiger partial charge in [-0.2, -0.15) is 0 Å². The van der Waals surface area contributed by atoms with Crippen LogP contribution in [0.2, 0.25) is 0 Å². The average Bonchev–Trinajstić information content (AvgIpc) is 2.76. The Bertz CT molecular complexity index is 849. The van der Waals surface area contributed by atoms with Crippen LogP contribution in [0.4, 0.5) is 0 Å². The molecule has 0 unspecified atom stereocenters. The van der Waals surface area contributed by atoms with Gasteiger partial charge in [0.15, 0.2) is 6.61 Å². The molecule has 0 saturated heterocycles. The molecule has 2 rings (SSSR count). The topological polar surface area (TPSA) is 93.7 Å². The van der Waals surface area contributed by atoms with Crippen LogP contribution < -0.4 is 15.4 Å². The molecule has 0 aliphatic rings. The summed E-state index contributed by atoms with van der Waals surface area (Å²) in [5.74, 6) is -1.01. The molecule has 2 amide bonds. The molecular weight excluding hydrogens is 372 g/mol. The van der Waals surface area contributed by atoms with Crippen molar-refractivity contribution in [2.24, 2.45) is 0 Å². The Morgan fingerprint density at radius 2 is 1.79 bits per heavy atom. The molecule has 1 atom stereocenters. The number of carbonyl (C=O) groups is 3. The standard InChI is InChI=1S/C22H26N2O5/c1-4-16-8-10-17(11-9-16)15(2)24-20(25)14-29-21(26)13-23-22(27)18-6-5-7-19(12-18)28-3/h5-12,15H,4,13-14H2,1-3H3,(H,23,27)(H,24,25)/t15-/m0/s1. The van der Waals surface area contributed by atoms with E-state index in [0.717, 1.165) is 12.0 Å². The second-order valence-corrected chi connectivity index (χ2v) is 6.46. The number of carbonyl (C=O) groups excluding carboxylic acids is 3. The summed E-state index contributed by atoms with van der Waals surface area (Å²) >= 11 is 0. The lowest BCUT2D eigenvalue weighted by Crippen LogP contribution is -2.34. The highest BCUT2D eigenvalue weighted by atomic mass is 16.5. The number of hydrogen-bond acceptors (Lipinski definition) is 5. The van der Waals surface area contributed by atoms with E-state index >= 15 is 0 Å². The summed E-state index contributed by atoms with van der Waals surface area (Å²) in [6, 6.07) is 14.3. The zero-order chi connectivity index (χ0) is 21.2. The highest BCUT2D eigenvalue weighted by Gasteiger charge is 2.13. The Hall–Kier alpha value is -3.35. The number of benzene rings is 2. The number of methoxy groups -OCH3 is 1. The minimum absolute atomic E-state index is 0.208. The summed E-state index contributed by atoms with van der Waals surface area (Å²) < 4.78 is 9.97. The van der Waals surface area contributed by atoms with Crippen molar-refractivity contribution >= 4 is 17.8 Å². The number of nitrogens with one attached hydrogen (secondary N) is 2. The molecule has 7 nitrogen and oxygen atoms in total. The van der Waals surface area contributed by atoms with E-state index in [1.807, 2.05) is 31.2 Å². The van der Waals surface area contributed by atoms with Crippen molar-refractivity contribution in [3.63, 3.8) is 0 Å². The van der Waals surface area contributed by atoms with Gasteiger partial charge in [-0.3, -0.25) is 14.4 Å². The van der Waals surface area contributed by atoms with Crippen LogP contribution >= 0.6 is 0 Å². The van der Waals surface area contributed by atoms with Gasteiger partial charge in [0.1, 0.15) is 12.3 Å². The Kier molecular flexibility index (Phi) is 8.21. The summed E-state index contributed by atoms with van der Waals surface area (Å²) in [7, 11) is 1.50. The molecule has 0 heterocycles. The van der Waals surface area contributed by atoms with Gasteiger partial charge >= 0.3 is 5.97 Å². The first-order valence-corrected chi connectivity index (χ1v) is 9.39. The Balaban J connectivity index is 1.73. The molecule has 2 N–H and O–H groups in total. The maximum absolute atomic E-state index is 12.0. The van der Waals surface area contributed by atoms with E-state index in [1.54, 1.807) is 24.3 Å². The third-order valence-corrected chi connectivity index (χ3v) is 4.35. The van der Waals surface area contributed by atoms with Gasteiger partial charge in [-0.25, -0.2) is 0 Å². The highest BCUT2D eigenvalue weighted by molar-refractivity contribution is 5.96. The summed E-state index contributed by atoms with van der Waals surface area (Å²) in [5.41, 5.74) is 2.54. The highest BCUT2D eigenvalue weighted by Crippen LogP contribution is 2.14. The Morgan fingerprint density at radius 1 is 1.07 bits per heavy atom. The van der Waals surface area contributed by atoms with Crippen LogP contribution in [0, 0.1) is 0 Å². The van der Waals surface area contributed by atoms with Crippen LogP contribution in [0.5, 0.6) is 5.75 Å². The minimum atomic E-state index is -0.698. The van der Waals surface area contributed by atoms with E-state index < -0.39 is 24.4 Å². The summed E-state index contributed by atoms with van der Waals surface area (Å²) in [6.45, 7) is 3.19. The summed E-state index contributed by atoms with van der Waals surface area (Å²) in [4.78, 5) is 35.8. The molecule has 0 aromatic heterocycles. The van der Waals surface area contributed by atoms with Crippen LogP contribution in [0.3, 0.4) is 0 Å². The number of esters is 1. The molecule has 0 aliphatic heterocycles. The maximum atomic E-state index is 12.0. The molecule has 7 heteroatoms. The predicted molar refractivity (Wildman–Crippen MR) is 109 cm³/mol. The largest absolute Gasteiger partial charge is 0.497 e. The van der Waals surface area contributed by atoms with Crippen LogP contribution in [0.25, 0.3) is 0 Å². The van der Waals surface area contributed by atoms with Crippen molar-refractivity contribution in [3.05, 3.63) is 65.2 Å². The smallest absolute Gasteiger partial charge is 0.325 e. The fourth-order valence-electron chi connectivity index (χ4n) is 2.62. The molecule has 154 valence electrons. The number of amides is 2. The van der Waals surface area contributed by atoms with Gasteiger partial charge in [0.25, 0.3) is 11.8 Å². The van der Waals surface area contributed by atoms with Crippen molar-refractivity contribution < 1.29 is 23.9 Å². The lowest BCUT2D eigenvalue weighted by molar-refractivity contribution is -0.147. The van der Waals surface area contributed by atoms with Gasteiger partial charge in [-0.15, -0.1) is 0 Å². The molecular formula is C22H26N2O5. The number of rotatable bonds is 9. The quantitative estimate of drug-likeness (QED) is 0.633. The fourth-order valence-corrected chi connectivity index (χ4v) is 2.62. The first kappa shape index (κ1) is 21.9. The van der Waals surface area contributed by atoms with Gasteiger partial charge in [-0.1, -0.05) is 37.3 Å². The van der Waals surface area contributed by atoms with Gasteiger partial charge in [0.05, 0.1) is 13.2 Å². The second kappa shape index (κ2) is 10.8. The zero-order valence-corrected chi connectivity index (χ0v) is 16.9. The van der Waals surface area contributed by atoms with Crippen molar-refractivity contribution in [1.29, 1.82) is 0 Å². The third kappa shape index (κ3) is 6.95. The van der Waals surface area contributed by atoms with Crippen molar-refractivity contribution in [2.45, 2.75) is 26.3 Å². The maximum Gasteiger partial charge on any atom is 0.325 e. The van der Waals surface area contributed by atoms with E-state index in [1.165, 1.54) is 12.7 Å². The van der Waals surface area contributed by atoms with Crippen LogP contribution in [-0.2, 0) is 20.7 Å². The monoisotopic (exact) mass is 398 g/mol. The number of ether oxygens (including phenoxy) is 2. The van der Waals surface area contributed by atoms with Crippen molar-refractivity contribution in [2.75, 3.05) is 20.3 Å². The molecule has 29 heavy (non-hydrogen) atoms. The van der Waals surface area contributed by atoms with Gasteiger partial charge in [-0.05, 0) is 42.7 Å². The first-order chi connectivity index (χ1) is 13.9. The van der Waals surface area contributed by atoms with Gasteiger partial charge in [0.2, 0.25) is 0 Å². The van der Waals surface area contributed by atoms with Gasteiger partial charge < -0.3 is 20.1 Å². The van der Waals surface area contributed by atoms with Crippen LogP contribution in [0.1, 0.15) is 41.4 Å². The van der Waals surface area contributed by atoms with Gasteiger partial charge in [0, 0.05) is 5.56 Å². The Morgan fingerprint density at radius 3 is 2.45 bits per heavy atom. The van der Waals surface area contributed by atoms with Crippen molar-refractivity contribution in [1.82, 2.24) is 10.6 Å². The van der Waals surface area contributed by atoms with E-state index in [0.29, 0.717) is 11.3 Å². The lowest BCUT2D eigenvalue weighted by atomic mass is 10.1. The molecule has 0 saturated carbocycles. The van der Waals surface area contributed by atoms with Crippen molar-refractivity contribution in [3.8, 4) is 5.75 Å². The minimum Gasteiger partial charge on any atom is -0.497 e. The number of hydrogen-bond donors (Lipinski definition) is 2. The Labute approximate surface area is 170 Å². The molecule has 0 aliphatic carbocycles. The molecule has 0 radical (unpaired) electrons. The summed E-state index contributed by atoms with van der Waals surface area (Å²) in [5, 5.41) is 5.23. The normalized spacial score (nSPS) is 11.3. The van der Waals surface area contributed by atoms with E-state index in [9.17, 15) is 14.4 Å². The van der Waals surface area contributed by atoms with E-state index in [-0.39, 0.29) is 12.6 Å². The molecule has 2 aromatic carbocycles. The van der Waals surface area contributed by atoms with E-state index in [2.05, 4.69) is 17.6 Å². The number of aryl methyl sites for hydroxylation is 1. The predicted octanol–water partition coefficient (Wildman–Crippen LogP) is 2.41. The molecule has 2 aromatic rings. The molecule has 0 bridgehead atoms. The van der Waals surface area contributed by atoms with E-state index in [4.69, 9.17) is 9.47 Å². The summed E-state index contributed by atoms with van der Waals surface area (Å²) in [6.07, 6.45) is 0.950. The molecule has 0 spiro atoms. The second-order valence-electron chi connectivity index (χ2n) is 6.46. The van der Waals surface area contributed by atoms with Crippen LogP contribution in [-0.4, -0.2) is 38.0 Å². The first-order valence-electron chi connectivity index (χ1n) is 9.39. The average molecular weight is 398 g/mol. The zero-order valence-electron chi connectivity index (χ0n) is 16.9.